The molecule has 1 fully saturated rings. The molecule has 98 valence electrons. The smallest absolute Gasteiger partial charge is 0.255 e. The van der Waals surface area contributed by atoms with Gasteiger partial charge >= 0.3 is 0 Å². The van der Waals surface area contributed by atoms with E-state index in [1.165, 1.54) is 4.88 Å². The SMILES string of the molecule is O=C(c1cccc(Cl)c1)N1CCSC1c1cccs1. The van der Waals surface area contributed by atoms with Crippen molar-refractivity contribution >= 4 is 40.6 Å². The van der Waals surface area contributed by atoms with Crippen LogP contribution in [0, 0.1) is 0 Å². The minimum atomic E-state index is 0.0610. The first kappa shape index (κ1) is 13.0. The molecule has 3 rings (SSSR count). The van der Waals surface area contributed by atoms with E-state index in [1.54, 1.807) is 23.5 Å². The summed E-state index contributed by atoms with van der Waals surface area (Å²) in [6.07, 6.45) is 0. The number of carbonyl (C=O) groups excluding carboxylic acids is 1. The maximum Gasteiger partial charge on any atom is 0.255 e. The van der Waals surface area contributed by atoms with Crippen LogP contribution in [-0.2, 0) is 0 Å². The van der Waals surface area contributed by atoms with Crippen molar-refractivity contribution in [2.75, 3.05) is 12.3 Å². The highest BCUT2D eigenvalue weighted by molar-refractivity contribution is 7.99. The highest BCUT2D eigenvalue weighted by Crippen LogP contribution is 2.40. The van der Waals surface area contributed by atoms with E-state index in [0.29, 0.717) is 10.6 Å². The molecule has 0 saturated carbocycles. The van der Waals surface area contributed by atoms with Gasteiger partial charge in [-0.1, -0.05) is 23.7 Å². The van der Waals surface area contributed by atoms with Gasteiger partial charge in [0, 0.05) is 27.8 Å². The second-order valence-corrected chi connectivity index (χ2v) is 6.85. The first-order chi connectivity index (χ1) is 9.25. The second-order valence-electron chi connectivity index (χ2n) is 4.25. The number of carbonyl (C=O) groups is 1. The van der Waals surface area contributed by atoms with Crippen LogP contribution in [0.25, 0.3) is 0 Å². The van der Waals surface area contributed by atoms with E-state index in [4.69, 9.17) is 11.6 Å². The average Bonchev–Trinajstić information content (AvgIpc) is 3.08. The summed E-state index contributed by atoms with van der Waals surface area (Å²) in [5.74, 6) is 1.04. The molecular formula is C14H12ClNOS2. The predicted octanol–water partition coefficient (Wildman–Crippen LogP) is 4.29. The molecule has 19 heavy (non-hydrogen) atoms. The van der Waals surface area contributed by atoms with E-state index in [0.717, 1.165) is 12.3 Å². The van der Waals surface area contributed by atoms with E-state index < -0.39 is 0 Å². The topological polar surface area (TPSA) is 20.3 Å². The van der Waals surface area contributed by atoms with Gasteiger partial charge in [0.15, 0.2) is 0 Å². The van der Waals surface area contributed by atoms with Crippen LogP contribution in [0.15, 0.2) is 41.8 Å². The zero-order chi connectivity index (χ0) is 13.2. The van der Waals surface area contributed by atoms with Crippen molar-refractivity contribution in [2.24, 2.45) is 0 Å². The molecule has 2 nitrogen and oxygen atoms in total. The van der Waals surface area contributed by atoms with Crippen molar-refractivity contribution in [3.63, 3.8) is 0 Å². The fraction of sp³-hybridized carbons (Fsp3) is 0.214. The fourth-order valence-corrected chi connectivity index (χ4v) is 4.56. The zero-order valence-electron chi connectivity index (χ0n) is 10.1. The highest BCUT2D eigenvalue weighted by atomic mass is 35.5. The van der Waals surface area contributed by atoms with Crippen molar-refractivity contribution in [1.29, 1.82) is 0 Å². The van der Waals surface area contributed by atoms with Crippen LogP contribution in [-0.4, -0.2) is 23.1 Å². The standard InChI is InChI=1S/C14H12ClNOS2/c15-11-4-1-3-10(9-11)13(17)16-6-8-19-14(16)12-5-2-7-18-12/h1-5,7,9,14H,6,8H2. The fourth-order valence-electron chi connectivity index (χ4n) is 2.13. The first-order valence-corrected chi connectivity index (χ1v) is 8.28. The third-order valence-electron chi connectivity index (χ3n) is 3.01. The van der Waals surface area contributed by atoms with E-state index in [9.17, 15) is 4.79 Å². The maximum atomic E-state index is 12.6. The number of benzene rings is 1. The number of rotatable bonds is 2. The number of thiophene rings is 1. The molecule has 1 aromatic carbocycles. The minimum absolute atomic E-state index is 0.0610. The van der Waals surface area contributed by atoms with Gasteiger partial charge in [-0.15, -0.1) is 23.1 Å². The highest BCUT2D eigenvalue weighted by Gasteiger charge is 2.31. The largest absolute Gasteiger partial charge is 0.321 e. The minimum Gasteiger partial charge on any atom is -0.321 e. The van der Waals surface area contributed by atoms with Crippen LogP contribution >= 0.6 is 34.7 Å². The molecule has 1 atom stereocenters. The Labute approximate surface area is 125 Å². The number of amides is 1. The Kier molecular flexibility index (Phi) is 3.82. The van der Waals surface area contributed by atoms with Gasteiger partial charge in [-0.3, -0.25) is 4.79 Å². The lowest BCUT2D eigenvalue weighted by Crippen LogP contribution is -2.30. The van der Waals surface area contributed by atoms with Crippen molar-refractivity contribution < 1.29 is 4.79 Å². The summed E-state index contributed by atoms with van der Waals surface area (Å²) in [6, 6.07) is 11.3. The van der Waals surface area contributed by atoms with Crippen LogP contribution in [0.5, 0.6) is 0 Å². The first-order valence-electron chi connectivity index (χ1n) is 5.97. The van der Waals surface area contributed by atoms with Gasteiger partial charge in [0.05, 0.1) is 0 Å². The van der Waals surface area contributed by atoms with Crippen molar-refractivity contribution in [1.82, 2.24) is 4.90 Å². The van der Waals surface area contributed by atoms with E-state index >= 15 is 0 Å². The van der Waals surface area contributed by atoms with Gasteiger partial charge in [0.25, 0.3) is 5.91 Å². The third kappa shape index (κ3) is 2.66. The molecule has 1 saturated heterocycles. The van der Waals surface area contributed by atoms with Gasteiger partial charge in [-0.2, -0.15) is 0 Å². The molecule has 1 amide bonds. The lowest BCUT2D eigenvalue weighted by atomic mass is 10.2. The number of halogens is 1. The predicted molar refractivity (Wildman–Crippen MR) is 82.0 cm³/mol. The van der Waals surface area contributed by atoms with Crippen LogP contribution in [0.4, 0.5) is 0 Å². The molecule has 2 heterocycles. The quantitative estimate of drug-likeness (QED) is 0.825. The summed E-state index contributed by atoms with van der Waals surface area (Å²) in [7, 11) is 0. The molecule has 5 heteroatoms. The van der Waals surface area contributed by atoms with Crippen LogP contribution in [0.3, 0.4) is 0 Å². The number of nitrogens with zero attached hydrogens (tertiary/aromatic N) is 1. The molecule has 1 unspecified atom stereocenters. The van der Waals surface area contributed by atoms with E-state index in [1.807, 2.05) is 34.9 Å². The number of hydrogen-bond donors (Lipinski definition) is 0. The molecular weight excluding hydrogens is 298 g/mol. The van der Waals surface area contributed by atoms with Crippen molar-refractivity contribution in [3.05, 3.63) is 57.2 Å². The average molecular weight is 310 g/mol. The Bertz CT molecular complexity index is 585. The van der Waals surface area contributed by atoms with E-state index in [2.05, 4.69) is 11.4 Å². The van der Waals surface area contributed by atoms with Crippen molar-refractivity contribution in [2.45, 2.75) is 5.37 Å². The molecule has 0 bridgehead atoms. The van der Waals surface area contributed by atoms with Crippen molar-refractivity contribution in [3.8, 4) is 0 Å². The van der Waals surface area contributed by atoms with Gasteiger partial charge < -0.3 is 4.90 Å². The Hall–Kier alpha value is -0.970. The van der Waals surface area contributed by atoms with Gasteiger partial charge in [0.2, 0.25) is 0 Å². The number of hydrogen-bond acceptors (Lipinski definition) is 3. The van der Waals surface area contributed by atoms with Gasteiger partial charge in [0.1, 0.15) is 5.37 Å². The summed E-state index contributed by atoms with van der Waals surface area (Å²) < 4.78 is 0. The van der Waals surface area contributed by atoms with Crippen LogP contribution in [0.1, 0.15) is 20.6 Å². The normalized spacial score (nSPS) is 18.8. The lowest BCUT2D eigenvalue weighted by Gasteiger charge is -2.23. The third-order valence-corrected chi connectivity index (χ3v) is 5.56. The van der Waals surface area contributed by atoms with Crippen LogP contribution in [0.2, 0.25) is 5.02 Å². The van der Waals surface area contributed by atoms with Gasteiger partial charge in [-0.05, 0) is 29.6 Å². The maximum absolute atomic E-state index is 12.6. The molecule has 0 aliphatic carbocycles. The summed E-state index contributed by atoms with van der Waals surface area (Å²) >= 11 is 9.47. The lowest BCUT2D eigenvalue weighted by molar-refractivity contribution is 0.0762. The summed E-state index contributed by atoms with van der Waals surface area (Å²) in [6.45, 7) is 0.790. The molecule has 2 aromatic rings. The summed E-state index contributed by atoms with van der Waals surface area (Å²) in [5.41, 5.74) is 0.663. The Morgan fingerprint density at radius 2 is 2.21 bits per heavy atom. The Morgan fingerprint density at radius 1 is 1.32 bits per heavy atom. The summed E-state index contributed by atoms with van der Waals surface area (Å²) in [4.78, 5) is 15.7. The molecule has 1 aliphatic heterocycles. The second kappa shape index (κ2) is 5.57. The van der Waals surface area contributed by atoms with Crippen LogP contribution < -0.4 is 0 Å². The molecule has 0 N–H and O–H groups in total. The molecule has 0 radical (unpaired) electrons. The summed E-state index contributed by atoms with van der Waals surface area (Å²) in [5, 5.41) is 2.80. The van der Waals surface area contributed by atoms with E-state index in [-0.39, 0.29) is 11.3 Å². The Balaban J connectivity index is 1.87. The zero-order valence-corrected chi connectivity index (χ0v) is 12.5. The molecule has 1 aromatic heterocycles. The number of thioether (sulfide) groups is 1. The molecule has 1 aliphatic rings. The Morgan fingerprint density at radius 3 is 2.95 bits per heavy atom. The van der Waals surface area contributed by atoms with Gasteiger partial charge in [-0.25, -0.2) is 0 Å². The molecule has 0 spiro atoms. The monoisotopic (exact) mass is 309 g/mol.